The molecule has 2 bridgehead atoms. The fourth-order valence-electron chi connectivity index (χ4n) is 4.49. The molecule has 0 radical (unpaired) electrons. The number of aromatic nitrogens is 2. The van der Waals surface area contributed by atoms with E-state index in [0.29, 0.717) is 31.0 Å². The molecule has 1 saturated carbocycles. The van der Waals surface area contributed by atoms with Gasteiger partial charge < -0.3 is 10.1 Å². The van der Waals surface area contributed by atoms with E-state index in [1.807, 2.05) is 12.1 Å². The number of carbonyl (C=O) groups excluding carboxylic acids is 1. The van der Waals surface area contributed by atoms with Crippen LogP contribution in [0.5, 0.6) is 0 Å². The largest absolute Gasteiger partial charge is 0.385 e. The van der Waals surface area contributed by atoms with Gasteiger partial charge in [-0.05, 0) is 24.7 Å². The lowest BCUT2D eigenvalue weighted by molar-refractivity contribution is -0.130. The van der Waals surface area contributed by atoms with E-state index < -0.39 is 5.41 Å². The van der Waals surface area contributed by atoms with Crippen LogP contribution in [0.25, 0.3) is 0 Å². The number of nitrogens with one attached hydrogen (secondary N) is 1. The lowest BCUT2D eigenvalue weighted by Gasteiger charge is -2.36. The Morgan fingerprint density at radius 3 is 2.64 bits per heavy atom. The van der Waals surface area contributed by atoms with Crippen molar-refractivity contribution in [3.05, 3.63) is 22.8 Å². The number of rotatable bonds is 5. The molecular weight excluding hydrogens is 318 g/mol. The van der Waals surface area contributed by atoms with Crippen molar-refractivity contribution < 1.29 is 9.53 Å². The average Bonchev–Trinajstić information content (AvgIpc) is 2.99. The zero-order valence-electron chi connectivity index (χ0n) is 14.7. The fraction of sp³-hybridized carbons (Fsp3) is 0.611. The summed E-state index contributed by atoms with van der Waals surface area (Å²) in [5.74, 6) is -0.00248. The zero-order chi connectivity index (χ0) is 18.2. The van der Waals surface area contributed by atoms with Crippen molar-refractivity contribution in [3.8, 4) is 12.1 Å². The van der Waals surface area contributed by atoms with Crippen LogP contribution in [0.1, 0.15) is 61.8 Å². The summed E-state index contributed by atoms with van der Waals surface area (Å²) in [6.07, 6.45) is 2.24. The highest BCUT2D eigenvalue weighted by atomic mass is 16.5. The SMILES string of the molecule is COCCCNC(=O)C12CCC(c3nc(C#N)c(C#N)nc31)C2(C)C. The molecule has 1 N–H and O–H groups in total. The van der Waals surface area contributed by atoms with Gasteiger partial charge in [-0.3, -0.25) is 4.79 Å². The topological polar surface area (TPSA) is 112 Å². The Balaban J connectivity index is 2.04. The molecule has 2 unspecified atom stereocenters. The third-order valence-corrected chi connectivity index (χ3v) is 5.85. The quantitative estimate of drug-likeness (QED) is 0.814. The zero-order valence-corrected chi connectivity index (χ0v) is 14.7. The van der Waals surface area contributed by atoms with Crippen molar-refractivity contribution in [1.29, 1.82) is 10.5 Å². The minimum Gasteiger partial charge on any atom is -0.385 e. The highest BCUT2D eigenvalue weighted by Gasteiger charge is 2.67. The Labute approximate surface area is 147 Å². The van der Waals surface area contributed by atoms with E-state index in [0.717, 1.165) is 12.8 Å². The van der Waals surface area contributed by atoms with Crippen LogP contribution in [0.3, 0.4) is 0 Å². The van der Waals surface area contributed by atoms with Gasteiger partial charge in [-0.25, -0.2) is 9.97 Å². The van der Waals surface area contributed by atoms with Gasteiger partial charge in [0.1, 0.15) is 12.1 Å². The summed E-state index contributed by atoms with van der Waals surface area (Å²) in [7, 11) is 1.63. The van der Waals surface area contributed by atoms with Crippen LogP contribution < -0.4 is 5.32 Å². The number of carbonyl (C=O) groups is 1. The Kier molecular flexibility index (Phi) is 4.22. The highest BCUT2D eigenvalue weighted by molar-refractivity contribution is 5.91. The van der Waals surface area contributed by atoms with Crippen LogP contribution in [0, 0.1) is 28.1 Å². The van der Waals surface area contributed by atoms with E-state index in [1.54, 1.807) is 7.11 Å². The molecule has 7 heteroatoms. The van der Waals surface area contributed by atoms with Crippen LogP contribution in [0.15, 0.2) is 0 Å². The summed E-state index contributed by atoms with van der Waals surface area (Å²) < 4.78 is 5.02. The van der Waals surface area contributed by atoms with Gasteiger partial charge in [-0.15, -0.1) is 0 Å². The van der Waals surface area contributed by atoms with E-state index >= 15 is 0 Å². The van der Waals surface area contributed by atoms with E-state index in [1.165, 1.54) is 0 Å². The van der Waals surface area contributed by atoms with Gasteiger partial charge in [0.05, 0.1) is 16.8 Å². The van der Waals surface area contributed by atoms with Crippen LogP contribution in [-0.2, 0) is 14.9 Å². The molecule has 2 aliphatic rings. The van der Waals surface area contributed by atoms with Crippen molar-refractivity contribution >= 4 is 5.91 Å². The van der Waals surface area contributed by atoms with Crippen molar-refractivity contribution in [2.75, 3.05) is 20.3 Å². The molecule has 1 heterocycles. The summed E-state index contributed by atoms with van der Waals surface area (Å²) >= 11 is 0. The van der Waals surface area contributed by atoms with Crippen LogP contribution in [-0.4, -0.2) is 36.1 Å². The van der Waals surface area contributed by atoms with Gasteiger partial charge in [-0.2, -0.15) is 10.5 Å². The van der Waals surface area contributed by atoms with Gasteiger partial charge in [0.25, 0.3) is 0 Å². The summed E-state index contributed by atoms with van der Waals surface area (Å²) in [4.78, 5) is 22.0. The second kappa shape index (κ2) is 6.09. The molecule has 1 amide bonds. The molecule has 0 spiro atoms. The number of hydrogen-bond donors (Lipinski definition) is 1. The van der Waals surface area contributed by atoms with E-state index in [2.05, 4.69) is 29.1 Å². The molecule has 1 aromatic rings. The fourth-order valence-corrected chi connectivity index (χ4v) is 4.49. The Hall–Kier alpha value is -2.51. The van der Waals surface area contributed by atoms with Crippen LogP contribution in [0.2, 0.25) is 0 Å². The van der Waals surface area contributed by atoms with E-state index in [4.69, 9.17) is 4.74 Å². The van der Waals surface area contributed by atoms with Gasteiger partial charge in [0.2, 0.25) is 5.91 Å². The minimum atomic E-state index is -0.799. The number of amides is 1. The smallest absolute Gasteiger partial charge is 0.232 e. The molecule has 2 aliphatic carbocycles. The van der Waals surface area contributed by atoms with Crippen molar-refractivity contribution in [2.24, 2.45) is 5.41 Å². The Morgan fingerprint density at radius 1 is 1.32 bits per heavy atom. The van der Waals surface area contributed by atoms with Gasteiger partial charge in [0, 0.05) is 26.2 Å². The molecule has 3 rings (SSSR count). The lowest BCUT2D eigenvalue weighted by atomic mass is 9.67. The maximum Gasteiger partial charge on any atom is 0.232 e. The molecule has 25 heavy (non-hydrogen) atoms. The normalized spacial score (nSPS) is 25.1. The van der Waals surface area contributed by atoms with Crippen LogP contribution >= 0.6 is 0 Å². The first-order valence-corrected chi connectivity index (χ1v) is 8.44. The third kappa shape index (κ3) is 2.23. The van der Waals surface area contributed by atoms with Crippen molar-refractivity contribution in [1.82, 2.24) is 15.3 Å². The molecule has 7 nitrogen and oxygen atoms in total. The predicted molar refractivity (Wildman–Crippen MR) is 88.4 cm³/mol. The molecule has 0 aromatic carbocycles. The first kappa shape index (κ1) is 17.3. The van der Waals surface area contributed by atoms with Gasteiger partial charge >= 0.3 is 0 Å². The second-order valence-electron chi connectivity index (χ2n) is 7.20. The maximum atomic E-state index is 13.2. The average molecular weight is 339 g/mol. The van der Waals surface area contributed by atoms with E-state index in [-0.39, 0.29) is 28.6 Å². The number of fused-ring (bicyclic) bond motifs is 5. The first-order chi connectivity index (χ1) is 11.9. The minimum absolute atomic E-state index is 0.00356. The monoisotopic (exact) mass is 339 g/mol. The summed E-state index contributed by atoms with van der Waals surface area (Å²) in [6.45, 7) is 5.22. The molecule has 1 fully saturated rings. The van der Waals surface area contributed by atoms with Crippen molar-refractivity contribution in [2.45, 2.75) is 44.4 Å². The molecule has 1 aromatic heterocycles. The maximum absolute atomic E-state index is 13.2. The summed E-state index contributed by atoms with van der Waals surface area (Å²) in [5.41, 5.74) is 0.164. The number of methoxy groups -OCH3 is 1. The summed E-state index contributed by atoms with van der Waals surface area (Å²) in [6, 6.07) is 3.88. The second-order valence-corrected chi connectivity index (χ2v) is 7.20. The lowest BCUT2D eigenvalue weighted by Crippen LogP contribution is -2.50. The molecule has 0 saturated heterocycles. The standard InChI is InChI=1S/C18H21N5O2/c1-17(2)11-5-6-18(17,16(24)21-7-4-8-25-3)15-14(11)22-12(9-19)13(10-20)23-15/h11H,4-8H2,1-3H3,(H,21,24). The highest BCUT2D eigenvalue weighted by Crippen LogP contribution is 2.67. The Morgan fingerprint density at radius 2 is 2.00 bits per heavy atom. The van der Waals surface area contributed by atoms with E-state index in [9.17, 15) is 15.3 Å². The molecular formula is C18H21N5O2. The number of ether oxygens (including phenoxy) is 1. The number of nitriles is 2. The Bertz CT molecular complexity index is 805. The summed E-state index contributed by atoms with van der Waals surface area (Å²) in [5, 5.41) is 21.5. The third-order valence-electron chi connectivity index (χ3n) is 5.85. The predicted octanol–water partition coefficient (Wildman–Crippen LogP) is 1.53. The first-order valence-electron chi connectivity index (χ1n) is 8.44. The number of nitrogens with zero attached hydrogens (tertiary/aromatic N) is 4. The van der Waals surface area contributed by atoms with Gasteiger partial charge in [0.15, 0.2) is 11.4 Å². The molecule has 130 valence electrons. The van der Waals surface area contributed by atoms with Crippen molar-refractivity contribution in [3.63, 3.8) is 0 Å². The van der Waals surface area contributed by atoms with Gasteiger partial charge in [-0.1, -0.05) is 13.8 Å². The molecule has 0 aliphatic heterocycles. The molecule has 2 atom stereocenters. The van der Waals surface area contributed by atoms with Crippen LogP contribution in [0.4, 0.5) is 0 Å². The number of hydrogen-bond acceptors (Lipinski definition) is 6.